The average molecular weight is 378 g/mol. The lowest BCUT2D eigenvalue weighted by atomic mass is 10.2. The normalized spacial score (nSPS) is 12.8. The molecule has 0 spiro atoms. The lowest BCUT2D eigenvalue weighted by Gasteiger charge is -2.21. The summed E-state index contributed by atoms with van der Waals surface area (Å²) in [5.74, 6) is 1.87. The highest BCUT2D eigenvalue weighted by molar-refractivity contribution is 6.30. The molecule has 0 aromatic heterocycles. The first kappa shape index (κ1) is 19.9. The van der Waals surface area contributed by atoms with Crippen molar-refractivity contribution in [3.63, 3.8) is 0 Å². The third-order valence-electron chi connectivity index (χ3n) is 3.69. The van der Waals surface area contributed by atoms with Gasteiger partial charge in [0.2, 0.25) is 0 Å². The number of carbonyl (C=O) groups excluding carboxylic acids is 1. The van der Waals surface area contributed by atoms with Crippen LogP contribution in [0.15, 0.2) is 48.5 Å². The van der Waals surface area contributed by atoms with Gasteiger partial charge in [-0.15, -0.1) is 0 Å². The van der Waals surface area contributed by atoms with Crippen LogP contribution in [0.5, 0.6) is 17.2 Å². The highest BCUT2D eigenvalue weighted by Crippen LogP contribution is 2.19. The van der Waals surface area contributed by atoms with Crippen LogP contribution in [0.4, 0.5) is 0 Å². The number of halogens is 1. The molecular weight excluding hydrogens is 354 g/mol. The predicted molar refractivity (Wildman–Crippen MR) is 102 cm³/mol. The van der Waals surface area contributed by atoms with Gasteiger partial charge < -0.3 is 19.5 Å². The Morgan fingerprint density at radius 3 is 2.42 bits per heavy atom. The summed E-state index contributed by atoms with van der Waals surface area (Å²) in [7, 11) is 1.61. The maximum Gasteiger partial charge on any atom is 0.261 e. The molecule has 0 aliphatic heterocycles. The molecule has 0 aliphatic rings. The largest absolute Gasteiger partial charge is 0.497 e. The van der Waals surface area contributed by atoms with Crippen LogP contribution >= 0.6 is 11.6 Å². The molecule has 26 heavy (non-hydrogen) atoms. The number of methoxy groups -OCH3 is 1. The van der Waals surface area contributed by atoms with Crippen LogP contribution in [-0.4, -0.2) is 31.8 Å². The quantitative estimate of drug-likeness (QED) is 0.715. The minimum absolute atomic E-state index is 0.165. The van der Waals surface area contributed by atoms with Gasteiger partial charge in [-0.2, -0.15) is 0 Å². The molecule has 0 heterocycles. The van der Waals surface area contributed by atoms with Crippen LogP contribution < -0.4 is 19.5 Å². The van der Waals surface area contributed by atoms with Crippen LogP contribution in [0.3, 0.4) is 0 Å². The van der Waals surface area contributed by atoms with Crippen LogP contribution in [0, 0.1) is 0 Å². The minimum atomic E-state index is -0.586. The Hall–Kier alpha value is -2.40. The maximum absolute atomic E-state index is 12.4. The van der Waals surface area contributed by atoms with Crippen molar-refractivity contribution >= 4 is 17.5 Å². The summed E-state index contributed by atoms with van der Waals surface area (Å²) in [5.41, 5.74) is 0. The van der Waals surface area contributed by atoms with E-state index in [1.54, 1.807) is 31.4 Å². The van der Waals surface area contributed by atoms with Crippen molar-refractivity contribution < 1.29 is 19.0 Å². The van der Waals surface area contributed by atoms with E-state index in [0.29, 0.717) is 29.5 Å². The van der Waals surface area contributed by atoms with E-state index in [9.17, 15) is 4.79 Å². The van der Waals surface area contributed by atoms with Gasteiger partial charge in [-0.3, -0.25) is 4.79 Å². The topological polar surface area (TPSA) is 56.8 Å². The summed E-state index contributed by atoms with van der Waals surface area (Å²) in [6.07, 6.45) is -0.0402. The summed E-state index contributed by atoms with van der Waals surface area (Å²) in [4.78, 5) is 12.4. The Morgan fingerprint density at radius 1 is 1.12 bits per heavy atom. The van der Waals surface area contributed by atoms with Crippen molar-refractivity contribution in [1.29, 1.82) is 0 Å². The van der Waals surface area contributed by atoms with E-state index in [2.05, 4.69) is 5.32 Å². The van der Waals surface area contributed by atoms with Crippen molar-refractivity contribution in [1.82, 2.24) is 5.32 Å². The molecule has 1 amide bonds. The fourth-order valence-corrected chi connectivity index (χ4v) is 2.48. The molecule has 2 aromatic rings. The van der Waals surface area contributed by atoms with Gasteiger partial charge in [0.05, 0.1) is 13.2 Å². The molecule has 2 atom stereocenters. The van der Waals surface area contributed by atoms with Crippen molar-refractivity contribution in [2.24, 2.45) is 0 Å². The highest BCUT2D eigenvalue weighted by Gasteiger charge is 2.20. The van der Waals surface area contributed by atoms with Crippen molar-refractivity contribution in [3.05, 3.63) is 53.6 Å². The van der Waals surface area contributed by atoms with E-state index in [1.807, 2.05) is 38.1 Å². The fourth-order valence-electron chi connectivity index (χ4n) is 2.30. The zero-order valence-corrected chi connectivity index (χ0v) is 16.0. The third-order valence-corrected chi connectivity index (χ3v) is 3.92. The molecule has 140 valence electrons. The van der Waals surface area contributed by atoms with Gasteiger partial charge in [0, 0.05) is 5.02 Å². The first-order valence-electron chi connectivity index (χ1n) is 8.51. The monoisotopic (exact) mass is 377 g/mol. The average Bonchev–Trinajstić information content (AvgIpc) is 2.64. The lowest BCUT2D eigenvalue weighted by molar-refractivity contribution is -0.128. The number of benzene rings is 2. The summed E-state index contributed by atoms with van der Waals surface area (Å²) >= 11 is 5.95. The molecule has 0 saturated heterocycles. The van der Waals surface area contributed by atoms with E-state index in [1.165, 1.54) is 0 Å². The van der Waals surface area contributed by atoms with Gasteiger partial charge in [0.15, 0.2) is 6.10 Å². The van der Waals surface area contributed by atoms with Crippen molar-refractivity contribution in [2.45, 2.75) is 32.4 Å². The molecule has 0 radical (unpaired) electrons. The molecule has 0 fully saturated rings. The number of rotatable bonds is 9. The fraction of sp³-hybridized carbons (Fsp3) is 0.350. The van der Waals surface area contributed by atoms with E-state index >= 15 is 0 Å². The Bertz CT molecular complexity index is 705. The smallest absolute Gasteiger partial charge is 0.261 e. The molecule has 5 nitrogen and oxygen atoms in total. The standard InChI is InChI=1S/C20H24ClNO4/c1-4-19(26-18-7-5-6-15(21)12-18)20(23)22-14(2)13-25-17-10-8-16(24-3)9-11-17/h5-12,14,19H,4,13H2,1-3H3,(H,22,23)/t14-,19-/m0/s1. The molecule has 6 heteroatoms. The number of carbonyl (C=O) groups is 1. The van der Waals surface area contributed by atoms with E-state index in [4.69, 9.17) is 25.8 Å². The van der Waals surface area contributed by atoms with E-state index in [0.717, 1.165) is 5.75 Å². The Morgan fingerprint density at radius 2 is 1.81 bits per heavy atom. The first-order chi connectivity index (χ1) is 12.5. The molecule has 2 aromatic carbocycles. The van der Waals surface area contributed by atoms with Gasteiger partial charge in [0.25, 0.3) is 5.91 Å². The van der Waals surface area contributed by atoms with Gasteiger partial charge in [-0.1, -0.05) is 24.6 Å². The molecule has 0 bridgehead atoms. The van der Waals surface area contributed by atoms with Gasteiger partial charge >= 0.3 is 0 Å². The molecule has 2 rings (SSSR count). The second-order valence-electron chi connectivity index (χ2n) is 5.87. The molecule has 0 aliphatic carbocycles. The number of hydrogen-bond acceptors (Lipinski definition) is 4. The Balaban J connectivity index is 1.83. The summed E-state index contributed by atoms with van der Waals surface area (Å²) in [5, 5.41) is 3.48. The summed E-state index contributed by atoms with van der Waals surface area (Å²) in [6.45, 7) is 4.13. The summed E-state index contributed by atoms with van der Waals surface area (Å²) < 4.78 is 16.5. The van der Waals surface area contributed by atoms with E-state index in [-0.39, 0.29) is 11.9 Å². The van der Waals surface area contributed by atoms with Gasteiger partial charge in [0.1, 0.15) is 23.9 Å². The number of amides is 1. The van der Waals surface area contributed by atoms with Crippen molar-refractivity contribution in [3.8, 4) is 17.2 Å². The van der Waals surface area contributed by atoms with Crippen LogP contribution in [0.1, 0.15) is 20.3 Å². The van der Waals surface area contributed by atoms with Gasteiger partial charge in [-0.05, 0) is 55.8 Å². The maximum atomic E-state index is 12.4. The SMILES string of the molecule is CC[C@H](Oc1cccc(Cl)c1)C(=O)N[C@@H](C)COc1ccc(OC)cc1. The van der Waals surface area contributed by atoms with Gasteiger partial charge in [-0.25, -0.2) is 0 Å². The zero-order valence-electron chi connectivity index (χ0n) is 15.2. The number of hydrogen-bond donors (Lipinski definition) is 1. The van der Waals surface area contributed by atoms with Crippen LogP contribution in [-0.2, 0) is 4.79 Å². The van der Waals surface area contributed by atoms with Crippen LogP contribution in [0.2, 0.25) is 5.02 Å². The third kappa shape index (κ3) is 6.15. The highest BCUT2D eigenvalue weighted by atomic mass is 35.5. The zero-order chi connectivity index (χ0) is 18.9. The van der Waals surface area contributed by atoms with Crippen LogP contribution in [0.25, 0.3) is 0 Å². The molecule has 0 saturated carbocycles. The first-order valence-corrected chi connectivity index (χ1v) is 8.89. The molecular formula is C20H24ClNO4. The van der Waals surface area contributed by atoms with E-state index < -0.39 is 6.10 Å². The lowest BCUT2D eigenvalue weighted by Crippen LogP contribution is -2.44. The minimum Gasteiger partial charge on any atom is -0.497 e. The summed E-state index contributed by atoms with van der Waals surface area (Å²) in [6, 6.07) is 14.1. The Kier molecular flexibility index (Phi) is 7.60. The number of ether oxygens (including phenoxy) is 3. The Labute approximate surface area is 159 Å². The number of nitrogens with one attached hydrogen (secondary N) is 1. The molecule has 1 N–H and O–H groups in total. The second kappa shape index (κ2) is 9.92. The second-order valence-corrected chi connectivity index (χ2v) is 6.30. The predicted octanol–water partition coefficient (Wildman–Crippen LogP) is 4.09. The molecule has 0 unspecified atom stereocenters. The van der Waals surface area contributed by atoms with Crippen molar-refractivity contribution in [2.75, 3.05) is 13.7 Å².